The largest absolute Gasteiger partial charge is 0.352 e. The van der Waals surface area contributed by atoms with Crippen LogP contribution in [0.15, 0.2) is 48.8 Å². The molecule has 1 atom stereocenters. The molecule has 1 unspecified atom stereocenters. The van der Waals surface area contributed by atoms with Crippen molar-refractivity contribution < 1.29 is 4.79 Å². The van der Waals surface area contributed by atoms with Gasteiger partial charge in [-0.1, -0.05) is 29.8 Å². The van der Waals surface area contributed by atoms with Gasteiger partial charge < -0.3 is 5.32 Å². The third-order valence-corrected chi connectivity index (χ3v) is 6.17. The highest BCUT2D eigenvalue weighted by Gasteiger charge is 2.27. The van der Waals surface area contributed by atoms with Crippen LogP contribution in [-0.4, -0.2) is 15.9 Å². The fraction of sp³-hybridized carbons (Fsp3) is 0.250. The van der Waals surface area contributed by atoms with E-state index < -0.39 is 0 Å². The average molecular weight is 384 g/mol. The summed E-state index contributed by atoms with van der Waals surface area (Å²) in [6.07, 6.45) is 6.02. The molecule has 4 nitrogen and oxygen atoms in total. The Morgan fingerprint density at radius 3 is 2.96 bits per heavy atom. The topological polar surface area (TPSA) is 54.9 Å². The lowest BCUT2D eigenvalue weighted by Crippen LogP contribution is -2.33. The summed E-state index contributed by atoms with van der Waals surface area (Å²) in [5, 5.41) is 4.70. The Labute approximate surface area is 161 Å². The minimum atomic E-state index is -0.00724. The number of aromatic nitrogens is 2. The molecule has 1 aliphatic carbocycles. The van der Waals surface area contributed by atoms with E-state index in [9.17, 15) is 4.79 Å². The van der Waals surface area contributed by atoms with E-state index in [1.54, 1.807) is 17.5 Å². The second kappa shape index (κ2) is 7.56. The van der Waals surface area contributed by atoms with E-state index in [0.29, 0.717) is 11.6 Å². The van der Waals surface area contributed by atoms with Crippen LogP contribution < -0.4 is 5.32 Å². The third-order valence-electron chi connectivity index (χ3n) is 4.63. The minimum Gasteiger partial charge on any atom is -0.352 e. The van der Waals surface area contributed by atoms with Crippen molar-refractivity contribution in [2.75, 3.05) is 0 Å². The van der Waals surface area contributed by atoms with Crippen molar-refractivity contribution in [3.8, 4) is 10.6 Å². The van der Waals surface area contributed by atoms with Crippen LogP contribution in [0.1, 0.15) is 22.6 Å². The second-order valence-electron chi connectivity index (χ2n) is 6.38. The molecule has 1 amide bonds. The number of halogens is 1. The number of nitrogens with one attached hydrogen (secondary N) is 1. The molecule has 0 fully saturated rings. The molecule has 1 aromatic carbocycles. The molecular weight excluding hydrogens is 366 g/mol. The Morgan fingerprint density at radius 2 is 2.15 bits per heavy atom. The summed E-state index contributed by atoms with van der Waals surface area (Å²) in [4.78, 5) is 22.7. The van der Waals surface area contributed by atoms with Crippen LogP contribution in [0.3, 0.4) is 0 Å². The van der Waals surface area contributed by atoms with Gasteiger partial charge in [-0.05, 0) is 43.0 Å². The first-order valence-electron chi connectivity index (χ1n) is 8.61. The molecule has 0 spiro atoms. The van der Waals surface area contributed by atoms with Crippen LogP contribution in [0.25, 0.3) is 10.6 Å². The molecule has 26 heavy (non-hydrogen) atoms. The van der Waals surface area contributed by atoms with Gasteiger partial charge in [-0.25, -0.2) is 4.98 Å². The number of amides is 1. The lowest BCUT2D eigenvalue weighted by atomic mass is 9.90. The normalized spacial score (nSPS) is 16.1. The molecule has 2 heterocycles. The number of hydrogen-bond donors (Lipinski definition) is 1. The lowest BCUT2D eigenvalue weighted by Gasteiger charge is -2.20. The number of hydrogen-bond acceptors (Lipinski definition) is 4. The van der Waals surface area contributed by atoms with Gasteiger partial charge in [0.1, 0.15) is 5.01 Å². The van der Waals surface area contributed by atoms with E-state index >= 15 is 0 Å². The van der Waals surface area contributed by atoms with Gasteiger partial charge in [-0.3, -0.25) is 9.78 Å². The lowest BCUT2D eigenvalue weighted by molar-refractivity contribution is -0.125. The number of pyridine rings is 1. The van der Waals surface area contributed by atoms with Crippen molar-refractivity contribution in [3.63, 3.8) is 0 Å². The van der Waals surface area contributed by atoms with Crippen LogP contribution in [0.2, 0.25) is 5.02 Å². The molecule has 132 valence electrons. The maximum absolute atomic E-state index is 12.6. The number of carbonyl (C=O) groups excluding carboxylic acids is 1. The van der Waals surface area contributed by atoms with E-state index in [2.05, 4.69) is 10.3 Å². The molecule has 0 aliphatic heterocycles. The first-order chi connectivity index (χ1) is 12.7. The molecule has 4 rings (SSSR count). The molecular formula is C20H18ClN3OS. The highest BCUT2D eigenvalue weighted by molar-refractivity contribution is 7.15. The first-order valence-corrected chi connectivity index (χ1v) is 9.80. The number of nitrogens with zero attached hydrogens (tertiary/aromatic N) is 2. The average Bonchev–Trinajstić information content (AvgIpc) is 3.11. The van der Waals surface area contributed by atoms with Crippen molar-refractivity contribution in [3.05, 3.63) is 69.9 Å². The molecule has 6 heteroatoms. The highest BCUT2D eigenvalue weighted by atomic mass is 35.5. The van der Waals surface area contributed by atoms with Crippen LogP contribution in [0.4, 0.5) is 0 Å². The minimum absolute atomic E-state index is 0.00724. The van der Waals surface area contributed by atoms with Gasteiger partial charge in [-0.2, -0.15) is 0 Å². The van der Waals surface area contributed by atoms with Gasteiger partial charge in [0.05, 0.1) is 5.69 Å². The summed E-state index contributed by atoms with van der Waals surface area (Å²) < 4.78 is 0. The zero-order valence-corrected chi connectivity index (χ0v) is 15.7. The van der Waals surface area contributed by atoms with E-state index in [4.69, 9.17) is 16.6 Å². The van der Waals surface area contributed by atoms with E-state index in [1.165, 1.54) is 4.88 Å². The fourth-order valence-electron chi connectivity index (χ4n) is 3.18. The molecule has 1 aliphatic rings. The standard InChI is InChI=1S/C20H18ClN3OS/c21-16-6-2-1-4-14(16)12-23-19(25)13-7-8-17-18(10-13)26-20(24-17)15-5-3-9-22-11-15/h1-6,9,11,13H,7-8,10,12H2,(H,23,25). The zero-order chi connectivity index (χ0) is 17.9. The van der Waals surface area contributed by atoms with Crippen molar-refractivity contribution in [2.45, 2.75) is 25.8 Å². The predicted octanol–water partition coefficient (Wildman–Crippen LogP) is 4.28. The summed E-state index contributed by atoms with van der Waals surface area (Å²) in [5.74, 6) is 0.0825. The van der Waals surface area contributed by atoms with Gasteiger partial charge in [-0.15, -0.1) is 11.3 Å². The molecule has 0 saturated carbocycles. The number of aryl methyl sites for hydroxylation is 1. The Balaban J connectivity index is 1.42. The van der Waals surface area contributed by atoms with Gasteiger partial charge in [0.15, 0.2) is 0 Å². The number of benzene rings is 1. The number of fused-ring (bicyclic) bond motifs is 1. The van der Waals surface area contributed by atoms with Crippen LogP contribution in [-0.2, 0) is 24.2 Å². The Kier molecular flexibility index (Phi) is 5.00. The SMILES string of the molecule is O=C(NCc1ccccc1Cl)C1CCc2nc(-c3cccnc3)sc2C1. The predicted molar refractivity (Wildman–Crippen MR) is 104 cm³/mol. The summed E-state index contributed by atoms with van der Waals surface area (Å²) in [6, 6.07) is 11.5. The summed E-state index contributed by atoms with van der Waals surface area (Å²) in [5.41, 5.74) is 3.10. The smallest absolute Gasteiger partial charge is 0.223 e. The molecule has 3 aromatic rings. The maximum Gasteiger partial charge on any atom is 0.223 e. The van der Waals surface area contributed by atoms with Crippen LogP contribution in [0.5, 0.6) is 0 Å². The summed E-state index contributed by atoms with van der Waals surface area (Å²) in [7, 11) is 0. The number of thiazole rings is 1. The van der Waals surface area contributed by atoms with Gasteiger partial charge in [0.2, 0.25) is 5.91 Å². The van der Waals surface area contributed by atoms with Gasteiger partial charge in [0, 0.05) is 40.3 Å². The van der Waals surface area contributed by atoms with Gasteiger partial charge in [0.25, 0.3) is 0 Å². The monoisotopic (exact) mass is 383 g/mol. The Bertz CT molecular complexity index is 926. The Hall–Kier alpha value is -2.24. The second-order valence-corrected chi connectivity index (χ2v) is 7.87. The van der Waals surface area contributed by atoms with Crippen molar-refractivity contribution in [1.82, 2.24) is 15.3 Å². The highest BCUT2D eigenvalue weighted by Crippen LogP contribution is 2.34. The summed E-state index contributed by atoms with van der Waals surface area (Å²) >= 11 is 7.83. The van der Waals surface area contributed by atoms with E-state index in [-0.39, 0.29) is 11.8 Å². The molecule has 0 bridgehead atoms. The summed E-state index contributed by atoms with van der Waals surface area (Å²) in [6.45, 7) is 0.464. The fourth-order valence-corrected chi connectivity index (χ4v) is 4.56. The number of carbonyl (C=O) groups is 1. The third kappa shape index (κ3) is 3.64. The van der Waals surface area contributed by atoms with Crippen LogP contribution in [0, 0.1) is 5.92 Å². The zero-order valence-electron chi connectivity index (χ0n) is 14.1. The van der Waals surface area contributed by atoms with Crippen molar-refractivity contribution in [2.24, 2.45) is 5.92 Å². The van der Waals surface area contributed by atoms with Crippen molar-refractivity contribution in [1.29, 1.82) is 0 Å². The molecule has 2 aromatic heterocycles. The first kappa shape index (κ1) is 17.2. The Morgan fingerprint density at radius 1 is 1.27 bits per heavy atom. The molecule has 0 saturated heterocycles. The van der Waals surface area contributed by atoms with Crippen LogP contribution >= 0.6 is 22.9 Å². The number of rotatable bonds is 4. The van der Waals surface area contributed by atoms with Crippen molar-refractivity contribution >= 4 is 28.8 Å². The van der Waals surface area contributed by atoms with E-state index in [1.807, 2.05) is 42.6 Å². The maximum atomic E-state index is 12.6. The quantitative estimate of drug-likeness (QED) is 0.731. The molecule has 1 N–H and O–H groups in total. The molecule has 0 radical (unpaired) electrons. The van der Waals surface area contributed by atoms with E-state index in [0.717, 1.165) is 41.1 Å². The van der Waals surface area contributed by atoms with Gasteiger partial charge >= 0.3 is 0 Å².